The Kier molecular flexibility index (Phi) is 23.6. The topological polar surface area (TPSA) is 16.1 Å². The highest BCUT2D eigenvalue weighted by molar-refractivity contribution is 5.11. The molecule has 0 N–H and O–H groups in total. The zero-order chi connectivity index (χ0) is 15.7. The fourth-order valence-electron chi connectivity index (χ4n) is 1.28. The van der Waals surface area contributed by atoms with E-state index >= 15 is 0 Å². The minimum Gasteiger partial charge on any atom is -0.302 e. The van der Waals surface area contributed by atoms with Crippen LogP contribution in [-0.2, 0) is 6.54 Å². The van der Waals surface area contributed by atoms with E-state index in [1.165, 1.54) is 6.20 Å². The van der Waals surface area contributed by atoms with Crippen LogP contribution in [0.4, 0.5) is 4.39 Å². The molecule has 1 rings (SSSR count). The molecule has 0 aliphatic heterocycles. The third-order valence-electron chi connectivity index (χ3n) is 1.90. The van der Waals surface area contributed by atoms with Gasteiger partial charge >= 0.3 is 0 Å². The van der Waals surface area contributed by atoms with Crippen LogP contribution in [0.15, 0.2) is 18.5 Å². The molecular formula is C16H33FN2. The zero-order valence-electron chi connectivity index (χ0n) is 14.1. The largest absolute Gasteiger partial charge is 0.302 e. The first-order valence-corrected chi connectivity index (χ1v) is 7.51. The van der Waals surface area contributed by atoms with Crippen LogP contribution in [0.25, 0.3) is 0 Å². The van der Waals surface area contributed by atoms with Crippen molar-refractivity contribution in [3.63, 3.8) is 0 Å². The van der Waals surface area contributed by atoms with E-state index in [2.05, 4.69) is 16.8 Å². The summed E-state index contributed by atoms with van der Waals surface area (Å²) in [5, 5.41) is 0. The van der Waals surface area contributed by atoms with Gasteiger partial charge in [0.15, 0.2) is 0 Å². The van der Waals surface area contributed by atoms with Gasteiger partial charge in [0.25, 0.3) is 0 Å². The van der Waals surface area contributed by atoms with Crippen LogP contribution in [0.3, 0.4) is 0 Å². The van der Waals surface area contributed by atoms with Crippen molar-refractivity contribution in [1.82, 2.24) is 9.88 Å². The van der Waals surface area contributed by atoms with Crippen molar-refractivity contribution in [3.05, 3.63) is 29.8 Å². The predicted molar refractivity (Wildman–Crippen MR) is 84.9 cm³/mol. The lowest BCUT2D eigenvalue weighted by Crippen LogP contribution is -2.19. The first-order chi connectivity index (χ1) is 9.24. The average molecular weight is 272 g/mol. The minimum atomic E-state index is -0.217. The molecule has 3 heteroatoms. The van der Waals surface area contributed by atoms with E-state index in [4.69, 9.17) is 0 Å². The van der Waals surface area contributed by atoms with Gasteiger partial charge in [0.2, 0.25) is 0 Å². The maximum atomic E-state index is 13.1. The van der Waals surface area contributed by atoms with E-state index in [0.29, 0.717) is 12.1 Å². The second-order valence-electron chi connectivity index (χ2n) is 3.20. The van der Waals surface area contributed by atoms with Crippen molar-refractivity contribution in [2.75, 3.05) is 13.6 Å². The lowest BCUT2D eigenvalue weighted by molar-refractivity contribution is 0.321. The Bertz CT molecular complexity index is 265. The van der Waals surface area contributed by atoms with Gasteiger partial charge in [-0.25, -0.2) is 4.39 Å². The molecule has 0 spiro atoms. The Balaban J connectivity index is -0.000000375. The molecule has 0 unspecified atom stereocenters. The first kappa shape index (κ1) is 23.2. The van der Waals surface area contributed by atoms with Crippen molar-refractivity contribution in [2.45, 2.75) is 61.4 Å². The quantitative estimate of drug-likeness (QED) is 0.754. The smallest absolute Gasteiger partial charge is 0.145 e. The van der Waals surface area contributed by atoms with Crippen molar-refractivity contribution in [1.29, 1.82) is 0 Å². The maximum absolute atomic E-state index is 13.1. The van der Waals surface area contributed by atoms with E-state index in [1.54, 1.807) is 12.3 Å². The van der Waals surface area contributed by atoms with Gasteiger partial charge in [0, 0.05) is 18.3 Å². The van der Waals surface area contributed by atoms with Crippen LogP contribution in [0.1, 0.15) is 60.5 Å². The van der Waals surface area contributed by atoms with Crippen LogP contribution < -0.4 is 0 Å². The van der Waals surface area contributed by atoms with E-state index in [9.17, 15) is 4.39 Å². The van der Waals surface area contributed by atoms with E-state index < -0.39 is 0 Å². The molecule has 0 saturated carbocycles. The van der Waals surface area contributed by atoms with Gasteiger partial charge in [0.05, 0.1) is 6.20 Å². The van der Waals surface area contributed by atoms with E-state index in [-0.39, 0.29) is 5.82 Å². The molecule has 0 aromatic carbocycles. The number of aromatic nitrogens is 1. The second-order valence-corrected chi connectivity index (χ2v) is 3.20. The Labute approximate surface area is 120 Å². The predicted octanol–water partition coefficient (Wildman–Crippen LogP) is 5.14. The first-order valence-electron chi connectivity index (χ1n) is 7.51. The standard InChI is InChI=1S/C10H15FN2.3C2H6/c1-3-6-13(2)8-9-4-5-12-7-10(9)11;3*1-2/h4-5,7H,3,6,8H2,1-2H3;3*1-2H3. The summed E-state index contributed by atoms with van der Waals surface area (Å²) in [7, 11) is 1.99. The lowest BCUT2D eigenvalue weighted by Gasteiger charge is -2.15. The van der Waals surface area contributed by atoms with Crippen LogP contribution in [0.2, 0.25) is 0 Å². The number of hydrogen-bond acceptors (Lipinski definition) is 2. The number of nitrogens with zero attached hydrogens (tertiary/aromatic N) is 2. The molecule has 0 atom stereocenters. The summed E-state index contributed by atoms with van der Waals surface area (Å²) in [6.45, 7) is 15.8. The van der Waals surface area contributed by atoms with Gasteiger partial charge in [-0.05, 0) is 26.1 Å². The molecule has 1 aromatic rings. The fourth-order valence-corrected chi connectivity index (χ4v) is 1.28. The van der Waals surface area contributed by atoms with Gasteiger partial charge < -0.3 is 4.90 Å². The van der Waals surface area contributed by atoms with Gasteiger partial charge in [-0.2, -0.15) is 0 Å². The summed E-state index contributed by atoms with van der Waals surface area (Å²) in [6.07, 6.45) is 3.97. The highest BCUT2D eigenvalue weighted by Gasteiger charge is 2.03. The number of hydrogen-bond donors (Lipinski definition) is 0. The van der Waals surface area contributed by atoms with Crippen LogP contribution in [0.5, 0.6) is 0 Å². The van der Waals surface area contributed by atoms with Crippen LogP contribution in [-0.4, -0.2) is 23.5 Å². The zero-order valence-corrected chi connectivity index (χ0v) is 14.1. The van der Waals surface area contributed by atoms with Crippen LogP contribution >= 0.6 is 0 Å². The van der Waals surface area contributed by atoms with E-state index in [1.807, 2.05) is 48.6 Å². The van der Waals surface area contributed by atoms with Gasteiger partial charge in [-0.15, -0.1) is 0 Å². The summed E-state index contributed by atoms with van der Waals surface area (Å²) in [5.41, 5.74) is 0.714. The Morgan fingerprint density at radius 1 is 1.11 bits per heavy atom. The monoisotopic (exact) mass is 272 g/mol. The Morgan fingerprint density at radius 3 is 2.05 bits per heavy atom. The van der Waals surface area contributed by atoms with Gasteiger partial charge in [-0.1, -0.05) is 48.5 Å². The molecule has 0 radical (unpaired) electrons. The van der Waals surface area contributed by atoms with Crippen molar-refractivity contribution >= 4 is 0 Å². The SMILES string of the molecule is CC.CC.CC.CCCN(C)Cc1ccncc1F. The van der Waals surface area contributed by atoms with Crippen molar-refractivity contribution < 1.29 is 4.39 Å². The summed E-state index contributed by atoms with van der Waals surface area (Å²) < 4.78 is 13.1. The molecule has 1 aromatic heterocycles. The fraction of sp³-hybridized carbons (Fsp3) is 0.688. The number of halogens is 1. The number of pyridine rings is 1. The Hall–Kier alpha value is -0.960. The highest BCUT2D eigenvalue weighted by Crippen LogP contribution is 2.07. The molecule has 0 saturated heterocycles. The molecular weight excluding hydrogens is 239 g/mol. The summed E-state index contributed by atoms with van der Waals surface area (Å²) >= 11 is 0. The van der Waals surface area contributed by atoms with E-state index in [0.717, 1.165) is 13.0 Å². The molecule has 1 heterocycles. The molecule has 0 amide bonds. The second kappa shape index (κ2) is 19.4. The summed E-state index contributed by atoms with van der Waals surface area (Å²) in [6, 6.07) is 1.72. The number of rotatable bonds is 4. The third-order valence-corrected chi connectivity index (χ3v) is 1.90. The minimum absolute atomic E-state index is 0.217. The molecule has 19 heavy (non-hydrogen) atoms. The lowest BCUT2D eigenvalue weighted by atomic mass is 10.2. The normalized spacial score (nSPS) is 8.32. The van der Waals surface area contributed by atoms with Crippen molar-refractivity contribution in [2.24, 2.45) is 0 Å². The Morgan fingerprint density at radius 2 is 1.63 bits per heavy atom. The maximum Gasteiger partial charge on any atom is 0.145 e. The molecule has 0 bridgehead atoms. The third kappa shape index (κ3) is 13.3. The van der Waals surface area contributed by atoms with Gasteiger partial charge in [-0.3, -0.25) is 4.98 Å². The summed E-state index contributed by atoms with van der Waals surface area (Å²) in [5.74, 6) is -0.217. The van der Waals surface area contributed by atoms with Gasteiger partial charge in [0.1, 0.15) is 5.82 Å². The summed E-state index contributed by atoms with van der Waals surface area (Å²) in [4.78, 5) is 5.80. The van der Waals surface area contributed by atoms with Crippen molar-refractivity contribution in [3.8, 4) is 0 Å². The molecule has 0 aliphatic rings. The molecule has 2 nitrogen and oxygen atoms in total. The molecule has 114 valence electrons. The molecule has 0 aliphatic carbocycles. The van der Waals surface area contributed by atoms with Crippen LogP contribution in [0, 0.1) is 5.82 Å². The molecule has 0 fully saturated rings. The highest BCUT2D eigenvalue weighted by atomic mass is 19.1. The average Bonchev–Trinajstić information content (AvgIpc) is 2.48.